The quantitative estimate of drug-likeness (QED) is 0.818. The van der Waals surface area contributed by atoms with Crippen LogP contribution in [0.4, 0.5) is 5.69 Å². The lowest BCUT2D eigenvalue weighted by atomic mass is 10.2. The van der Waals surface area contributed by atoms with Crippen molar-refractivity contribution in [2.45, 2.75) is 13.0 Å². The van der Waals surface area contributed by atoms with Gasteiger partial charge in [-0.25, -0.2) is 12.7 Å². The molecule has 2 aromatic carbocycles. The number of carbonyl (C=O) groups is 1. The van der Waals surface area contributed by atoms with Crippen LogP contribution < -0.4 is 5.32 Å². The lowest BCUT2D eigenvalue weighted by Crippen LogP contribution is -2.30. The van der Waals surface area contributed by atoms with Crippen molar-refractivity contribution in [2.24, 2.45) is 0 Å². The lowest BCUT2D eigenvalue weighted by Gasteiger charge is -2.17. The normalized spacial score (nSPS) is 11.5. The van der Waals surface area contributed by atoms with Crippen LogP contribution in [0.3, 0.4) is 0 Å². The van der Waals surface area contributed by atoms with Gasteiger partial charge in [-0.2, -0.15) is 0 Å². The second-order valence-electron chi connectivity index (χ2n) is 5.36. The van der Waals surface area contributed by atoms with Crippen LogP contribution in [-0.2, 0) is 21.4 Å². The summed E-state index contributed by atoms with van der Waals surface area (Å²) in [6, 6.07) is 15.9. The first-order valence-electron chi connectivity index (χ1n) is 7.40. The monoisotopic (exact) mass is 366 g/mol. The van der Waals surface area contributed by atoms with Crippen molar-refractivity contribution in [3.63, 3.8) is 0 Å². The molecule has 1 amide bonds. The molecule has 0 fully saturated rings. The first kappa shape index (κ1) is 18.4. The fourth-order valence-corrected chi connectivity index (χ4v) is 3.30. The summed E-state index contributed by atoms with van der Waals surface area (Å²) in [5, 5.41) is 3.22. The molecule has 0 aromatic heterocycles. The molecule has 0 heterocycles. The number of benzene rings is 2. The van der Waals surface area contributed by atoms with Gasteiger partial charge in [0, 0.05) is 30.7 Å². The Bertz CT molecular complexity index is 777. The molecular formula is C17H19ClN2O3S. The Kier molecular flexibility index (Phi) is 6.36. The summed E-state index contributed by atoms with van der Waals surface area (Å²) < 4.78 is 25.8. The molecule has 1 N–H and O–H groups in total. The lowest BCUT2D eigenvalue weighted by molar-refractivity contribution is -0.115. The molecule has 0 bridgehead atoms. The molecule has 0 radical (unpaired) electrons. The maximum atomic E-state index is 12.3. The predicted molar refractivity (Wildman–Crippen MR) is 96.4 cm³/mol. The number of amides is 1. The zero-order valence-electron chi connectivity index (χ0n) is 13.3. The predicted octanol–water partition coefficient (Wildman–Crippen LogP) is 3.13. The van der Waals surface area contributed by atoms with E-state index in [4.69, 9.17) is 11.6 Å². The molecule has 0 saturated heterocycles. The van der Waals surface area contributed by atoms with Crippen molar-refractivity contribution in [3.05, 3.63) is 65.2 Å². The van der Waals surface area contributed by atoms with Gasteiger partial charge in [-0.3, -0.25) is 4.79 Å². The fraction of sp³-hybridized carbons (Fsp3) is 0.235. The third-order valence-electron chi connectivity index (χ3n) is 3.44. The van der Waals surface area contributed by atoms with E-state index in [0.717, 1.165) is 5.56 Å². The summed E-state index contributed by atoms with van der Waals surface area (Å²) in [4.78, 5) is 11.9. The van der Waals surface area contributed by atoms with E-state index < -0.39 is 10.0 Å². The number of nitrogens with zero attached hydrogens (tertiary/aromatic N) is 1. The molecule has 0 saturated carbocycles. The molecule has 2 aromatic rings. The average Bonchev–Trinajstić information content (AvgIpc) is 2.56. The number of sulfonamides is 1. The highest BCUT2D eigenvalue weighted by Gasteiger charge is 2.19. The Labute approximate surface area is 147 Å². The highest BCUT2D eigenvalue weighted by Crippen LogP contribution is 2.14. The molecule has 128 valence electrons. The summed E-state index contributed by atoms with van der Waals surface area (Å²) in [6.07, 6.45) is -0.107. The van der Waals surface area contributed by atoms with E-state index in [9.17, 15) is 13.2 Å². The van der Waals surface area contributed by atoms with Gasteiger partial charge in [0.05, 0.1) is 5.75 Å². The third kappa shape index (κ3) is 5.63. The Morgan fingerprint density at radius 1 is 1.08 bits per heavy atom. The molecule has 0 aliphatic heterocycles. The Morgan fingerprint density at radius 2 is 1.71 bits per heavy atom. The van der Waals surface area contributed by atoms with Crippen LogP contribution in [-0.4, -0.2) is 31.4 Å². The van der Waals surface area contributed by atoms with Crippen molar-refractivity contribution in [1.82, 2.24) is 4.31 Å². The topological polar surface area (TPSA) is 66.5 Å². The van der Waals surface area contributed by atoms with Crippen LogP contribution in [0, 0.1) is 0 Å². The SMILES string of the molecule is CN(Cc1ccccc1)S(=O)(=O)CCC(=O)Nc1ccc(Cl)cc1. The van der Waals surface area contributed by atoms with Crippen LogP contribution in [0.2, 0.25) is 5.02 Å². The van der Waals surface area contributed by atoms with Crippen molar-refractivity contribution in [2.75, 3.05) is 18.1 Å². The first-order chi connectivity index (χ1) is 11.4. The van der Waals surface area contributed by atoms with Gasteiger partial charge in [-0.1, -0.05) is 41.9 Å². The molecular weight excluding hydrogens is 348 g/mol. The molecule has 5 nitrogen and oxygen atoms in total. The minimum absolute atomic E-state index is 0.107. The largest absolute Gasteiger partial charge is 0.326 e. The van der Waals surface area contributed by atoms with Crippen LogP contribution in [0.5, 0.6) is 0 Å². The van der Waals surface area contributed by atoms with Gasteiger partial charge in [-0.05, 0) is 29.8 Å². The first-order valence-corrected chi connectivity index (χ1v) is 9.39. The van der Waals surface area contributed by atoms with E-state index in [2.05, 4.69) is 5.32 Å². The smallest absolute Gasteiger partial charge is 0.225 e. The van der Waals surface area contributed by atoms with E-state index in [1.54, 1.807) is 24.3 Å². The summed E-state index contributed by atoms with van der Waals surface area (Å²) in [7, 11) is -1.99. The maximum absolute atomic E-state index is 12.3. The van der Waals surface area contributed by atoms with Gasteiger partial charge in [-0.15, -0.1) is 0 Å². The Morgan fingerprint density at radius 3 is 2.33 bits per heavy atom. The van der Waals surface area contributed by atoms with Gasteiger partial charge in [0.1, 0.15) is 0 Å². The van der Waals surface area contributed by atoms with Crippen LogP contribution >= 0.6 is 11.6 Å². The number of carbonyl (C=O) groups excluding carboxylic acids is 1. The Balaban J connectivity index is 1.87. The van der Waals surface area contributed by atoms with Crippen LogP contribution in [0.15, 0.2) is 54.6 Å². The summed E-state index contributed by atoms with van der Waals surface area (Å²) >= 11 is 5.77. The van der Waals surface area contributed by atoms with Crippen molar-refractivity contribution in [3.8, 4) is 0 Å². The van der Waals surface area contributed by atoms with E-state index in [1.165, 1.54) is 11.4 Å². The highest BCUT2D eigenvalue weighted by atomic mass is 35.5. The summed E-state index contributed by atoms with van der Waals surface area (Å²) in [6.45, 7) is 0.280. The van der Waals surface area contributed by atoms with E-state index >= 15 is 0 Å². The minimum Gasteiger partial charge on any atom is -0.326 e. The standard InChI is InChI=1S/C17H19ClN2O3S/c1-20(13-14-5-3-2-4-6-14)24(22,23)12-11-17(21)19-16-9-7-15(18)8-10-16/h2-10H,11-13H2,1H3,(H,19,21). The van der Waals surface area contributed by atoms with Crippen LogP contribution in [0.1, 0.15) is 12.0 Å². The molecule has 0 aliphatic carbocycles. The second-order valence-corrected chi connectivity index (χ2v) is 7.99. The minimum atomic E-state index is -3.50. The molecule has 0 atom stereocenters. The fourth-order valence-electron chi connectivity index (χ4n) is 2.07. The molecule has 7 heteroatoms. The van der Waals surface area contributed by atoms with Gasteiger partial charge in [0.2, 0.25) is 15.9 Å². The van der Waals surface area contributed by atoms with E-state index in [1.807, 2.05) is 30.3 Å². The molecule has 0 unspecified atom stereocenters. The zero-order chi connectivity index (χ0) is 17.6. The van der Waals surface area contributed by atoms with Crippen molar-refractivity contribution >= 4 is 33.2 Å². The average molecular weight is 367 g/mol. The second kappa shape index (κ2) is 8.28. The van der Waals surface area contributed by atoms with Crippen LogP contribution in [0.25, 0.3) is 0 Å². The van der Waals surface area contributed by atoms with Crippen molar-refractivity contribution in [1.29, 1.82) is 0 Å². The van der Waals surface area contributed by atoms with Gasteiger partial charge in [0.25, 0.3) is 0 Å². The number of hydrogen-bond acceptors (Lipinski definition) is 3. The number of rotatable bonds is 7. The maximum Gasteiger partial charge on any atom is 0.225 e. The molecule has 2 rings (SSSR count). The number of nitrogens with one attached hydrogen (secondary N) is 1. The van der Waals surface area contributed by atoms with Gasteiger partial charge < -0.3 is 5.32 Å². The number of halogens is 1. The van der Waals surface area contributed by atoms with E-state index in [0.29, 0.717) is 10.7 Å². The Hall–Kier alpha value is -1.89. The molecule has 24 heavy (non-hydrogen) atoms. The van der Waals surface area contributed by atoms with Crippen molar-refractivity contribution < 1.29 is 13.2 Å². The summed E-state index contributed by atoms with van der Waals surface area (Å²) in [5.74, 6) is -0.593. The summed E-state index contributed by atoms with van der Waals surface area (Å²) in [5.41, 5.74) is 1.48. The molecule has 0 aliphatic rings. The highest BCUT2D eigenvalue weighted by molar-refractivity contribution is 7.89. The molecule has 0 spiro atoms. The third-order valence-corrected chi connectivity index (χ3v) is 5.49. The zero-order valence-corrected chi connectivity index (χ0v) is 14.8. The van der Waals surface area contributed by atoms with Gasteiger partial charge >= 0.3 is 0 Å². The number of anilines is 1. The number of hydrogen-bond donors (Lipinski definition) is 1. The van der Waals surface area contributed by atoms with E-state index in [-0.39, 0.29) is 24.6 Å². The van der Waals surface area contributed by atoms with Gasteiger partial charge in [0.15, 0.2) is 0 Å².